The SMILES string of the molecule is CC(C)(CO)[C@H](N)c1c(F)c(F)c(F)c(F)c1F.Cl. The zero-order chi connectivity index (χ0) is 14.2. The molecular formula is C11H13ClF5NO. The average Bonchev–Trinajstić information content (AvgIpc) is 2.34. The molecule has 110 valence electrons. The van der Waals surface area contributed by atoms with Crippen LogP contribution in [0.2, 0.25) is 0 Å². The lowest BCUT2D eigenvalue weighted by atomic mass is 9.81. The first-order chi connectivity index (χ1) is 8.15. The zero-order valence-electron chi connectivity index (χ0n) is 10.1. The third-order valence-electron chi connectivity index (χ3n) is 2.80. The standard InChI is InChI=1S/C11H12F5NO.ClH/c1-11(2,3-18)10(17)4-5(12)7(14)9(16)8(15)6(4)13;/h10,18H,3,17H2,1-2H3;1H/t10-;/m1./s1. The summed E-state index contributed by atoms with van der Waals surface area (Å²) in [5.41, 5.74) is 3.12. The Balaban J connectivity index is 0.00000324. The Labute approximate surface area is 112 Å². The lowest BCUT2D eigenvalue weighted by Crippen LogP contribution is -2.34. The molecule has 0 heterocycles. The molecule has 1 aromatic carbocycles. The summed E-state index contributed by atoms with van der Waals surface area (Å²) in [6.07, 6.45) is 0. The van der Waals surface area contributed by atoms with Crippen LogP contribution in [0, 0.1) is 34.5 Å². The van der Waals surface area contributed by atoms with E-state index < -0.39 is 52.7 Å². The van der Waals surface area contributed by atoms with Gasteiger partial charge in [0.2, 0.25) is 5.82 Å². The first kappa shape index (κ1) is 18.1. The maximum absolute atomic E-state index is 13.4. The number of hydrogen-bond acceptors (Lipinski definition) is 2. The van der Waals surface area contributed by atoms with E-state index in [1.165, 1.54) is 13.8 Å². The van der Waals surface area contributed by atoms with Gasteiger partial charge in [-0.25, -0.2) is 22.0 Å². The van der Waals surface area contributed by atoms with Crippen LogP contribution in [0.4, 0.5) is 22.0 Å². The molecule has 0 aliphatic rings. The minimum absolute atomic E-state index is 0. The number of rotatable bonds is 3. The van der Waals surface area contributed by atoms with Crippen molar-refractivity contribution in [3.8, 4) is 0 Å². The highest BCUT2D eigenvalue weighted by molar-refractivity contribution is 5.85. The summed E-state index contributed by atoms with van der Waals surface area (Å²) in [6.45, 7) is 2.11. The topological polar surface area (TPSA) is 46.2 Å². The summed E-state index contributed by atoms with van der Waals surface area (Å²) in [7, 11) is 0. The number of benzene rings is 1. The van der Waals surface area contributed by atoms with Crippen LogP contribution < -0.4 is 5.73 Å². The highest BCUT2D eigenvalue weighted by atomic mass is 35.5. The van der Waals surface area contributed by atoms with Gasteiger partial charge in [0.05, 0.1) is 0 Å². The summed E-state index contributed by atoms with van der Waals surface area (Å²) >= 11 is 0. The van der Waals surface area contributed by atoms with Crippen LogP contribution in [0.1, 0.15) is 25.5 Å². The number of aliphatic hydroxyl groups excluding tert-OH is 1. The fourth-order valence-corrected chi connectivity index (χ4v) is 1.38. The molecule has 0 unspecified atom stereocenters. The molecular weight excluding hydrogens is 293 g/mol. The van der Waals surface area contributed by atoms with E-state index in [1.807, 2.05) is 0 Å². The second kappa shape index (κ2) is 6.02. The second-order valence-corrected chi connectivity index (χ2v) is 4.61. The van der Waals surface area contributed by atoms with E-state index in [2.05, 4.69) is 0 Å². The van der Waals surface area contributed by atoms with Gasteiger partial charge in [-0.15, -0.1) is 12.4 Å². The molecule has 0 saturated carbocycles. The molecule has 2 nitrogen and oxygen atoms in total. The third kappa shape index (κ3) is 2.98. The van der Waals surface area contributed by atoms with Crippen molar-refractivity contribution >= 4 is 12.4 Å². The molecule has 0 amide bonds. The first-order valence-corrected chi connectivity index (χ1v) is 5.03. The quantitative estimate of drug-likeness (QED) is 0.512. The summed E-state index contributed by atoms with van der Waals surface area (Å²) in [5.74, 6) is -10.3. The Bertz CT molecular complexity index is 452. The van der Waals surface area contributed by atoms with E-state index in [0.717, 1.165) is 0 Å². The maximum Gasteiger partial charge on any atom is 0.200 e. The molecule has 0 aliphatic heterocycles. The molecule has 0 bridgehead atoms. The Morgan fingerprint density at radius 3 is 1.58 bits per heavy atom. The van der Waals surface area contributed by atoms with Crippen molar-refractivity contribution < 1.29 is 27.1 Å². The highest BCUT2D eigenvalue weighted by Crippen LogP contribution is 2.35. The molecule has 0 spiro atoms. The van der Waals surface area contributed by atoms with Crippen LogP contribution in [-0.2, 0) is 0 Å². The van der Waals surface area contributed by atoms with Crippen LogP contribution in [0.5, 0.6) is 0 Å². The summed E-state index contributed by atoms with van der Waals surface area (Å²) < 4.78 is 65.6. The minimum Gasteiger partial charge on any atom is -0.396 e. The first-order valence-electron chi connectivity index (χ1n) is 5.03. The van der Waals surface area contributed by atoms with E-state index in [0.29, 0.717) is 0 Å². The van der Waals surface area contributed by atoms with Crippen LogP contribution in [0.25, 0.3) is 0 Å². The van der Waals surface area contributed by atoms with Gasteiger partial charge >= 0.3 is 0 Å². The molecule has 3 N–H and O–H groups in total. The number of hydrogen-bond donors (Lipinski definition) is 2. The van der Waals surface area contributed by atoms with E-state index in [-0.39, 0.29) is 12.4 Å². The fraction of sp³-hybridized carbons (Fsp3) is 0.455. The third-order valence-corrected chi connectivity index (χ3v) is 2.80. The van der Waals surface area contributed by atoms with Gasteiger partial charge in [-0.3, -0.25) is 0 Å². The molecule has 0 saturated heterocycles. The molecule has 0 fully saturated rings. The van der Waals surface area contributed by atoms with Gasteiger partial charge in [0.15, 0.2) is 23.3 Å². The fourth-order valence-electron chi connectivity index (χ4n) is 1.38. The molecule has 1 aromatic rings. The van der Waals surface area contributed by atoms with Gasteiger partial charge < -0.3 is 10.8 Å². The van der Waals surface area contributed by atoms with Crippen LogP contribution in [-0.4, -0.2) is 11.7 Å². The highest BCUT2D eigenvalue weighted by Gasteiger charge is 2.36. The van der Waals surface area contributed by atoms with Crippen LogP contribution in [0.3, 0.4) is 0 Å². The molecule has 0 radical (unpaired) electrons. The largest absolute Gasteiger partial charge is 0.396 e. The molecule has 1 rings (SSSR count). The van der Waals surface area contributed by atoms with Gasteiger partial charge in [-0.05, 0) is 0 Å². The predicted molar refractivity (Wildman–Crippen MR) is 61.3 cm³/mol. The summed E-state index contributed by atoms with van der Waals surface area (Å²) in [6, 6.07) is -1.54. The number of halogens is 6. The molecule has 8 heteroatoms. The van der Waals surface area contributed by atoms with E-state index in [4.69, 9.17) is 10.8 Å². The van der Waals surface area contributed by atoms with Crippen molar-refractivity contribution in [2.45, 2.75) is 19.9 Å². The monoisotopic (exact) mass is 305 g/mol. The predicted octanol–water partition coefficient (Wildman–Crippen LogP) is 2.82. The Kier molecular flexibility index (Phi) is 5.73. The zero-order valence-corrected chi connectivity index (χ0v) is 10.9. The van der Waals surface area contributed by atoms with E-state index in [9.17, 15) is 22.0 Å². The number of aliphatic hydroxyl groups is 1. The lowest BCUT2D eigenvalue weighted by molar-refractivity contribution is 0.128. The second-order valence-electron chi connectivity index (χ2n) is 4.61. The van der Waals surface area contributed by atoms with Crippen molar-refractivity contribution in [3.63, 3.8) is 0 Å². The maximum atomic E-state index is 13.4. The van der Waals surface area contributed by atoms with Gasteiger partial charge in [0.1, 0.15) is 0 Å². The molecule has 1 atom stereocenters. The van der Waals surface area contributed by atoms with Crippen molar-refractivity contribution in [1.82, 2.24) is 0 Å². The van der Waals surface area contributed by atoms with Gasteiger partial charge in [0.25, 0.3) is 0 Å². The molecule has 0 aliphatic carbocycles. The lowest BCUT2D eigenvalue weighted by Gasteiger charge is -2.30. The van der Waals surface area contributed by atoms with Crippen molar-refractivity contribution in [1.29, 1.82) is 0 Å². The minimum atomic E-state index is -2.23. The summed E-state index contributed by atoms with van der Waals surface area (Å²) in [4.78, 5) is 0. The van der Waals surface area contributed by atoms with Crippen LogP contribution in [0.15, 0.2) is 0 Å². The van der Waals surface area contributed by atoms with E-state index >= 15 is 0 Å². The van der Waals surface area contributed by atoms with Gasteiger partial charge in [-0.2, -0.15) is 0 Å². The van der Waals surface area contributed by atoms with Crippen molar-refractivity contribution in [2.24, 2.45) is 11.1 Å². The number of nitrogens with two attached hydrogens (primary N) is 1. The Morgan fingerprint density at radius 2 is 1.26 bits per heavy atom. The molecule has 0 aromatic heterocycles. The molecule has 19 heavy (non-hydrogen) atoms. The normalized spacial score (nSPS) is 13.1. The van der Waals surface area contributed by atoms with Gasteiger partial charge in [-0.1, -0.05) is 13.8 Å². The Morgan fingerprint density at radius 1 is 0.947 bits per heavy atom. The summed E-state index contributed by atoms with van der Waals surface area (Å²) in [5, 5.41) is 9.01. The van der Waals surface area contributed by atoms with Gasteiger partial charge in [0, 0.05) is 23.6 Å². The van der Waals surface area contributed by atoms with E-state index in [1.54, 1.807) is 0 Å². The van der Waals surface area contributed by atoms with Crippen molar-refractivity contribution in [2.75, 3.05) is 6.61 Å². The average molecular weight is 306 g/mol. The van der Waals surface area contributed by atoms with Crippen molar-refractivity contribution in [3.05, 3.63) is 34.6 Å². The smallest absolute Gasteiger partial charge is 0.200 e. The van der Waals surface area contributed by atoms with Crippen LogP contribution >= 0.6 is 12.4 Å². The Hall–Kier alpha value is -0.920.